The lowest BCUT2D eigenvalue weighted by molar-refractivity contribution is -0.131. The molecule has 5 heteroatoms. The smallest absolute Gasteiger partial charge is 0.328 e. The van der Waals surface area contributed by atoms with Crippen LogP contribution in [0.3, 0.4) is 0 Å². The van der Waals surface area contributed by atoms with Gasteiger partial charge in [0.05, 0.1) is 6.20 Å². The summed E-state index contributed by atoms with van der Waals surface area (Å²) in [5.74, 6) is -1.05. The summed E-state index contributed by atoms with van der Waals surface area (Å²) in [6.45, 7) is 0. The van der Waals surface area contributed by atoms with Crippen LogP contribution in [0.2, 0.25) is 0 Å². The van der Waals surface area contributed by atoms with Crippen LogP contribution >= 0.6 is 0 Å². The monoisotopic (exact) mass is 180 g/mol. The number of nitrogens with zero attached hydrogens (tertiary/aromatic N) is 2. The van der Waals surface area contributed by atoms with Crippen molar-refractivity contribution in [1.82, 2.24) is 9.78 Å². The molecule has 1 aromatic heterocycles. The molecule has 0 amide bonds. The average Bonchev–Trinajstić information content (AvgIpc) is 2.07. The van der Waals surface area contributed by atoms with Gasteiger partial charge in [-0.25, -0.2) is 9.48 Å². The van der Waals surface area contributed by atoms with Crippen molar-refractivity contribution in [2.24, 2.45) is 7.05 Å². The molecule has 0 radical (unpaired) electrons. The zero-order chi connectivity index (χ0) is 9.84. The van der Waals surface area contributed by atoms with Crippen LogP contribution in [-0.4, -0.2) is 20.9 Å². The van der Waals surface area contributed by atoms with Gasteiger partial charge < -0.3 is 5.11 Å². The summed E-state index contributed by atoms with van der Waals surface area (Å²) in [5, 5.41) is 12.0. The molecule has 0 atom stereocenters. The van der Waals surface area contributed by atoms with Crippen molar-refractivity contribution < 1.29 is 9.90 Å². The van der Waals surface area contributed by atoms with Crippen LogP contribution in [0.15, 0.2) is 23.1 Å². The highest BCUT2D eigenvalue weighted by atomic mass is 16.4. The van der Waals surface area contributed by atoms with E-state index < -0.39 is 5.97 Å². The fourth-order valence-corrected chi connectivity index (χ4v) is 0.742. The fraction of sp³-hybridized carbons (Fsp3) is 0.125. The standard InChI is InChI=1S/C8H8N2O3/c1-10-7(11)4-6(5-9-10)2-3-8(12)13/h2-5H,1H3,(H,12,13)/b3-2+. The van der Waals surface area contributed by atoms with Gasteiger partial charge in [0.25, 0.3) is 5.56 Å². The van der Waals surface area contributed by atoms with Gasteiger partial charge in [-0.15, -0.1) is 0 Å². The summed E-state index contributed by atoms with van der Waals surface area (Å²) in [6, 6.07) is 1.31. The van der Waals surface area contributed by atoms with Crippen LogP contribution in [0.1, 0.15) is 5.56 Å². The highest BCUT2D eigenvalue weighted by Crippen LogP contribution is 1.94. The second-order valence-corrected chi connectivity index (χ2v) is 2.42. The van der Waals surface area contributed by atoms with Gasteiger partial charge in [-0.05, 0) is 6.08 Å². The summed E-state index contributed by atoms with van der Waals surface area (Å²) < 4.78 is 1.16. The summed E-state index contributed by atoms with van der Waals surface area (Å²) in [7, 11) is 1.52. The summed E-state index contributed by atoms with van der Waals surface area (Å²) in [5.41, 5.74) is 0.207. The van der Waals surface area contributed by atoms with Crippen LogP contribution in [0, 0.1) is 0 Å². The molecule has 0 aliphatic rings. The highest BCUT2D eigenvalue weighted by molar-refractivity contribution is 5.85. The number of carboxylic acid groups (broad SMARTS) is 1. The molecule has 1 heterocycles. The average molecular weight is 180 g/mol. The molecule has 0 aliphatic carbocycles. The Balaban J connectivity index is 2.98. The summed E-state index contributed by atoms with van der Waals surface area (Å²) >= 11 is 0. The molecule has 0 aliphatic heterocycles. The Labute approximate surface area is 73.9 Å². The minimum absolute atomic E-state index is 0.271. The molecular weight excluding hydrogens is 172 g/mol. The topological polar surface area (TPSA) is 72.2 Å². The quantitative estimate of drug-likeness (QED) is 0.644. The maximum atomic E-state index is 11.0. The molecule has 0 bridgehead atoms. The van der Waals surface area contributed by atoms with Crippen LogP contribution in [0.25, 0.3) is 6.08 Å². The van der Waals surface area contributed by atoms with Crippen molar-refractivity contribution in [3.63, 3.8) is 0 Å². The maximum Gasteiger partial charge on any atom is 0.328 e. The third-order valence-electron chi connectivity index (χ3n) is 1.41. The molecule has 1 N–H and O–H groups in total. The molecule has 5 nitrogen and oxygen atoms in total. The van der Waals surface area contributed by atoms with Gasteiger partial charge in [0.15, 0.2) is 0 Å². The van der Waals surface area contributed by atoms with E-state index in [1.54, 1.807) is 0 Å². The van der Waals surface area contributed by atoms with Gasteiger partial charge in [-0.2, -0.15) is 5.10 Å². The van der Waals surface area contributed by atoms with Crippen LogP contribution in [-0.2, 0) is 11.8 Å². The SMILES string of the molecule is Cn1ncc(/C=C/C(=O)O)cc1=O. The Bertz CT molecular complexity index is 406. The molecule has 1 rings (SSSR count). The van der Waals surface area contributed by atoms with Crippen molar-refractivity contribution in [1.29, 1.82) is 0 Å². The number of rotatable bonds is 2. The molecule has 0 unspecified atom stereocenters. The summed E-state index contributed by atoms with van der Waals surface area (Å²) in [4.78, 5) is 21.1. The van der Waals surface area contributed by atoms with E-state index in [9.17, 15) is 9.59 Å². The molecule has 13 heavy (non-hydrogen) atoms. The number of aryl methyl sites for hydroxylation is 1. The Kier molecular flexibility index (Phi) is 2.59. The molecule has 1 aromatic rings. The highest BCUT2D eigenvalue weighted by Gasteiger charge is 1.93. The number of hydrogen-bond acceptors (Lipinski definition) is 3. The third kappa shape index (κ3) is 2.55. The van der Waals surface area contributed by atoms with Crippen molar-refractivity contribution in [3.8, 4) is 0 Å². The van der Waals surface area contributed by atoms with Gasteiger partial charge in [0.1, 0.15) is 0 Å². The van der Waals surface area contributed by atoms with Gasteiger partial charge >= 0.3 is 5.97 Å². The van der Waals surface area contributed by atoms with E-state index in [0.717, 1.165) is 10.8 Å². The van der Waals surface area contributed by atoms with Gasteiger partial charge in [-0.1, -0.05) is 0 Å². The molecule has 0 saturated carbocycles. The first-order valence-electron chi connectivity index (χ1n) is 3.54. The third-order valence-corrected chi connectivity index (χ3v) is 1.41. The van der Waals surface area contributed by atoms with Crippen molar-refractivity contribution in [2.75, 3.05) is 0 Å². The van der Waals surface area contributed by atoms with E-state index in [-0.39, 0.29) is 5.56 Å². The minimum atomic E-state index is -1.05. The number of aliphatic carboxylic acids is 1. The second kappa shape index (κ2) is 3.66. The Hall–Kier alpha value is -1.91. The molecular formula is C8H8N2O3. The van der Waals surface area contributed by atoms with E-state index in [1.165, 1.54) is 25.4 Å². The van der Waals surface area contributed by atoms with Crippen molar-refractivity contribution in [3.05, 3.63) is 34.3 Å². The van der Waals surface area contributed by atoms with Gasteiger partial charge in [0, 0.05) is 24.8 Å². The Morgan fingerprint density at radius 3 is 2.92 bits per heavy atom. The molecule has 0 saturated heterocycles. The lowest BCUT2D eigenvalue weighted by atomic mass is 10.3. The van der Waals surface area contributed by atoms with Crippen molar-refractivity contribution in [2.45, 2.75) is 0 Å². The molecule has 0 spiro atoms. The predicted octanol–water partition coefficient (Wildman–Crippen LogP) is -0.122. The molecule has 0 fully saturated rings. The van der Waals surface area contributed by atoms with Crippen LogP contribution < -0.4 is 5.56 Å². The first-order chi connectivity index (χ1) is 6.09. The minimum Gasteiger partial charge on any atom is -0.478 e. The van der Waals surface area contributed by atoms with Crippen LogP contribution in [0.4, 0.5) is 0 Å². The zero-order valence-electron chi connectivity index (χ0n) is 6.97. The van der Waals surface area contributed by atoms with Crippen LogP contribution in [0.5, 0.6) is 0 Å². The van der Waals surface area contributed by atoms with E-state index in [1.807, 2.05) is 0 Å². The lowest BCUT2D eigenvalue weighted by Gasteiger charge is -1.94. The first-order valence-corrected chi connectivity index (χ1v) is 3.54. The second-order valence-electron chi connectivity index (χ2n) is 2.42. The Morgan fingerprint density at radius 2 is 2.38 bits per heavy atom. The normalized spacial score (nSPS) is 10.5. The largest absolute Gasteiger partial charge is 0.478 e. The van der Waals surface area contributed by atoms with E-state index in [4.69, 9.17) is 5.11 Å². The van der Waals surface area contributed by atoms with Gasteiger partial charge in [-0.3, -0.25) is 4.79 Å². The Morgan fingerprint density at radius 1 is 1.69 bits per heavy atom. The van der Waals surface area contributed by atoms with Gasteiger partial charge in [0.2, 0.25) is 0 Å². The van der Waals surface area contributed by atoms with Crippen molar-refractivity contribution >= 4 is 12.0 Å². The maximum absolute atomic E-state index is 11.0. The number of carbonyl (C=O) groups is 1. The predicted molar refractivity (Wildman–Crippen MR) is 46.1 cm³/mol. The molecule has 68 valence electrons. The first kappa shape index (κ1) is 9.18. The molecule has 0 aromatic carbocycles. The number of hydrogen-bond donors (Lipinski definition) is 1. The summed E-state index contributed by atoms with van der Waals surface area (Å²) in [6.07, 6.45) is 3.69. The zero-order valence-corrected chi connectivity index (χ0v) is 6.97. The number of carboxylic acids is 1. The van der Waals surface area contributed by atoms with E-state index in [0.29, 0.717) is 5.56 Å². The van der Waals surface area contributed by atoms with E-state index in [2.05, 4.69) is 5.10 Å². The van der Waals surface area contributed by atoms with E-state index >= 15 is 0 Å². The lowest BCUT2D eigenvalue weighted by Crippen LogP contribution is -2.17. The number of aromatic nitrogens is 2. The fourth-order valence-electron chi connectivity index (χ4n) is 0.742.